The van der Waals surface area contributed by atoms with E-state index in [4.69, 9.17) is 5.73 Å². The Morgan fingerprint density at radius 3 is 2.72 bits per heavy atom. The van der Waals surface area contributed by atoms with Gasteiger partial charge >= 0.3 is 0 Å². The average Bonchev–Trinajstić information content (AvgIpc) is 2.28. The number of anilines is 1. The summed E-state index contributed by atoms with van der Waals surface area (Å²) in [6.07, 6.45) is 5.85. The van der Waals surface area contributed by atoms with Crippen LogP contribution in [0.25, 0.3) is 0 Å². The van der Waals surface area contributed by atoms with E-state index in [0.717, 1.165) is 19.3 Å². The van der Waals surface area contributed by atoms with Crippen LogP contribution in [-0.4, -0.2) is 19.9 Å². The lowest BCUT2D eigenvalue weighted by Gasteiger charge is -2.41. The lowest BCUT2D eigenvalue weighted by molar-refractivity contribution is 0.133. The molecule has 5 nitrogen and oxygen atoms in total. The molecule has 6 heteroatoms. The maximum Gasteiger partial charge on any atom is 0.244 e. The van der Waals surface area contributed by atoms with Crippen LogP contribution in [0.2, 0.25) is 0 Å². The van der Waals surface area contributed by atoms with Crippen molar-refractivity contribution in [1.82, 2.24) is 9.71 Å². The third-order valence-electron chi connectivity index (χ3n) is 3.89. The summed E-state index contributed by atoms with van der Waals surface area (Å²) in [6.45, 7) is 2.59. The summed E-state index contributed by atoms with van der Waals surface area (Å²) in [5.41, 5.74) is 5.74. The zero-order valence-electron chi connectivity index (χ0n) is 10.5. The van der Waals surface area contributed by atoms with E-state index in [9.17, 15) is 8.42 Å². The van der Waals surface area contributed by atoms with Gasteiger partial charge < -0.3 is 5.73 Å². The molecule has 1 fully saturated rings. The molecule has 3 N–H and O–H groups in total. The van der Waals surface area contributed by atoms with Gasteiger partial charge in [0.2, 0.25) is 10.0 Å². The van der Waals surface area contributed by atoms with E-state index >= 15 is 0 Å². The van der Waals surface area contributed by atoms with Crippen molar-refractivity contribution in [1.29, 1.82) is 0 Å². The number of hydrogen-bond donors (Lipinski definition) is 2. The Hall–Kier alpha value is -1.14. The van der Waals surface area contributed by atoms with Crippen molar-refractivity contribution < 1.29 is 8.42 Å². The van der Waals surface area contributed by atoms with Crippen molar-refractivity contribution in [3.63, 3.8) is 0 Å². The fraction of sp³-hybridized carbons (Fsp3) is 0.583. The maximum atomic E-state index is 12.1. The summed E-state index contributed by atoms with van der Waals surface area (Å²) in [6, 6.07) is 3.05. The molecule has 0 saturated heterocycles. The molecule has 1 aliphatic carbocycles. The Morgan fingerprint density at radius 1 is 1.50 bits per heavy atom. The van der Waals surface area contributed by atoms with Crippen LogP contribution in [0.15, 0.2) is 23.2 Å². The number of nitrogens with two attached hydrogens (primary N) is 1. The van der Waals surface area contributed by atoms with E-state index in [1.807, 2.05) is 0 Å². The lowest BCUT2D eigenvalue weighted by atomic mass is 9.67. The molecule has 18 heavy (non-hydrogen) atoms. The minimum Gasteiger partial charge on any atom is -0.383 e. The SMILES string of the molecule is CCC1(CNS(=O)(=O)c2cccnc2N)CCC1. The van der Waals surface area contributed by atoms with Crippen LogP contribution in [0.5, 0.6) is 0 Å². The Kier molecular flexibility index (Phi) is 3.59. The number of rotatable bonds is 5. The molecular weight excluding hydrogens is 250 g/mol. The molecule has 2 rings (SSSR count). The van der Waals surface area contributed by atoms with E-state index in [0.29, 0.717) is 6.54 Å². The Bertz CT molecular complexity index is 518. The van der Waals surface area contributed by atoms with E-state index in [1.165, 1.54) is 18.7 Å². The lowest BCUT2D eigenvalue weighted by Crippen LogP contribution is -2.41. The summed E-state index contributed by atoms with van der Waals surface area (Å²) in [7, 11) is -3.55. The molecule has 100 valence electrons. The van der Waals surface area contributed by atoms with Gasteiger partial charge in [0.15, 0.2) is 0 Å². The third-order valence-corrected chi connectivity index (χ3v) is 5.34. The number of nitrogens with one attached hydrogen (secondary N) is 1. The number of nitrogen functional groups attached to an aromatic ring is 1. The molecule has 0 unspecified atom stereocenters. The van der Waals surface area contributed by atoms with Gasteiger partial charge in [-0.15, -0.1) is 0 Å². The summed E-state index contributed by atoms with van der Waals surface area (Å²) < 4.78 is 26.9. The number of aromatic nitrogens is 1. The van der Waals surface area contributed by atoms with Gasteiger partial charge in [-0.2, -0.15) is 0 Å². The standard InChI is InChI=1S/C12H19N3O2S/c1-2-12(6-4-7-12)9-15-18(16,17)10-5-3-8-14-11(10)13/h3,5,8,15H,2,4,6-7,9H2,1H3,(H2,13,14). The summed E-state index contributed by atoms with van der Waals surface area (Å²) in [5.74, 6) is 0.0455. The first-order valence-corrected chi connectivity index (χ1v) is 7.68. The Morgan fingerprint density at radius 2 is 2.22 bits per heavy atom. The predicted molar refractivity (Wildman–Crippen MR) is 70.4 cm³/mol. The Balaban J connectivity index is 2.11. The summed E-state index contributed by atoms with van der Waals surface area (Å²) in [5, 5.41) is 0. The van der Waals surface area contributed by atoms with Gasteiger partial charge in [-0.25, -0.2) is 18.1 Å². The first-order chi connectivity index (χ1) is 8.49. The van der Waals surface area contributed by atoms with E-state index in [2.05, 4.69) is 16.6 Å². The smallest absolute Gasteiger partial charge is 0.244 e. The number of nitrogens with zero attached hydrogens (tertiary/aromatic N) is 1. The molecule has 1 saturated carbocycles. The van der Waals surface area contributed by atoms with Crippen LogP contribution in [0.3, 0.4) is 0 Å². The molecule has 0 aliphatic heterocycles. The monoisotopic (exact) mass is 269 g/mol. The van der Waals surface area contributed by atoms with E-state index in [1.54, 1.807) is 6.07 Å². The first kappa shape index (κ1) is 13.3. The average molecular weight is 269 g/mol. The largest absolute Gasteiger partial charge is 0.383 e. The van der Waals surface area contributed by atoms with Gasteiger partial charge in [0.25, 0.3) is 0 Å². The molecule has 1 aliphatic rings. The minimum absolute atomic E-state index is 0.0455. The maximum absolute atomic E-state index is 12.1. The van der Waals surface area contributed by atoms with Gasteiger partial charge in [0.1, 0.15) is 10.7 Å². The first-order valence-electron chi connectivity index (χ1n) is 6.19. The second-order valence-electron chi connectivity index (χ2n) is 4.92. The third kappa shape index (κ3) is 2.49. The van der Waals surface area contributed by atoms with Crippen LogP contribution in [0, 0.1) is 5.41 Å². The molecule has 0 atom stereocenters. The van der Waals surface area contributed by atoms with Crippen LogP contribution < -0.4 is 10.5 Å². The van der Waals surface area contributed by atoms with Crippen molar-refractivity contribution in [2.24, 2.45) is 5.41 Å². The molecule has 0 aromatic carbocycles. The normalized spacial score (nSPS) is 18.3. The highest BCUT2D eigenvalue weighted by atomic mass is 32.2. The fourth-order valence-corrected chi connectivity index (χ4v) is 3.53. The minimum atomic E-state index is -3.55. The highest BCUT2D eigenvalue weighted by Crippen LogP contribution is 2.43. The van der Waals surface area contributed by atoms with Crippen LogP contribution >= 0.6 is 0 Å². The summed E-state index contributed by atoms with van der Waals surface area (Å²) in [4.78, 5) is 3.87. The van der Waals surface area contributed by atoms with Crippen molar-refractivity contribution in [3.05, 3.63) is 18.3 Å². The molecule has 1 aromatic heterocycles. The molecule has 0 amide bonds. The zero-order valence-corrected chi connectivity index (χ0v) is 11.3. The number of pyridine rings is 1. The van der Waals surface area contributed by atoms with Crippen molar-refractivity contribution in [2.75, 3.05) is 12.3 Å². The second-order valence-corrected chi connectivity index (χ2v) is 6.65. The van der Waals surface area contributed by atoms with Crippen LogP contribution in [-0.2, 0) is 10.0 Å². The van der Waals surface area contributed by atoms with Gasteiger partial charge in [-0.05, 0) is 36.8 Å². The fourth-order valence-electron chi connectivity index (χ4n) is 2.29. The number of sulfonamides is 1. The van der Waals surface area contributed by atoms with E-state index < -0.39 is 10.0 Å². The zero-order chi connectivity index (χ0) is 13.2. The van der Waals surface area contributed by atoms with Gasteiger partial charge in [0.05, 0.1) is 0 Å². The van der Waals surface area contributed by atoms with Gasteiger partial charge in [0, 0.05) is 12.7 Å². The van der Waals surface area contributed by atoms with Crippen LogP contribution in [0.4, 0.5) is 5.82 Å². The van der Waals surface area contributed by atoms with Crippen molar-refractivity contribution >= 4 is 15.8 Å². The second kappa shape index (κ2) is 4.85. The van der Waals surface area contributed by atoms with Crippen molar-refractivity contribution in [2.45, 2.75) is 37.5 Å². The molecule has 0 bridgehead atoms. The van der Waals surface area contributed by atoms with Crippen LogP contribution in [0.1, 0.15) is 32.6 Å². The number of hydrogen-bond acceptors (Lipinski definition) is 4. The highest BCUT2D eigenvalue weighted by molar-refractivity contribution is 7.89. The molecular formula is C12H19N3O2S. The van der Waals surface area contributed by atoms with E-state index in [-0.39, 0.29) is 16.1 Å². The molecule has 0 radical (unpaired) electrons. The highest BCUT2D eigenvalue weighted by Gasteiger charge is 2.36. The predicted octanol–water partition coefficient (Wildman–Crippen LogP) is 1.52. The molecule has 1 heterocycles. The topological polar surface area (TPSA) is 85.1 Å². The quantitative estimate of drug-likeness (QED) is 0.848. The molecule has 1 aromatic rings. The van der Waals surface area contributed by atoms with Gasteiger partial charge in [-0.3, -0.25) is 0 Å². The van der Waals surface area contributed by atoms with Crippen molar-refractivity contribution in [3.8, 4) is 0 Å². The Labute approximate surface area is 108 Å². The molecule has 0 spiro atoms. The van der Waals surface area contributed by atoms with Gasteiger partial charge in [-0.1, -0.05) is 13.3 Å². The summed E-state index contributed by atoms with van der Waals surface area (Å²) >= 11 is 0.